The lowest BCUT2D eigenvalue weighted by molar-refractivity contribution is 0.0985. The second kappa shape index (κ2) is 4.30. The maximum atomic E-state index is 12.4. The van der Waals surface area contributed by atoms with Gasteiger partial charge in [-0.05, 0) is 41.6 Å². The predicted molar refractivity (Wildman–Crippen MR) is 75.6 cm³/mol. The van der Waals surface area contributed by atoms with Crippen molar-refractivity contribution in [3.8, 4) is 0 Å². The molecule has 18 heavy (non-hydrogen) atoms. The van der Waals surface area contributed by atoms with Gasteiger partial charge in [-0.1, -0.05) is 11.6 Å². The number of carbonyl (C=O) groups is 1. The lowest BCUT2D eigenvalue weighted by Gasteiger charge is -2.27. The zero-order chi connectivity index (χ0) is 12.7. The van der Waals surface area contributed by atoms with E-state index in [-0.39, 0.29) is 5.91 Å². The molecule has 0 atom stereocenters. The summed E-state index contributed by atoms with van der Waals surface area (Å²) in [6, 6.07) is 7.25. The first-order valence-corrected chi connectivity index (χ1v) is 6.86. The van der Waals surface area contributed by atoms with Gasteiger partial charge in [-0.15, -0.1) is 11.3 Å². The van der Waals surface area contributed by atoms with Crippen molar-refractivity contribution in [2.45, 2.75) is 6.42 Å². The van der Waals surface area contributed by atoms with Gasteiger partial charge in [0.1, 0.15) is 0 Å². The highest BCUT2D eigenvalue weighted by Crippen LogP contribution is 2.33. The number of benzene rings is 1. The van der Waals surface area contributed by atoms with Crippen molar-refractivity contribution in [3.05, 3.63) is 45.1 Å². The van der Waals surface area contributed by atoms with Crippen LogP contribution in [0.4, 0.5) is 11.4 Å². The van der Waals surface area contributed by atoms with E-state index < -0.39 is 0 Å². The molecule has 0 unspecified atom stereocenters. The summed E-state index contributed by atoms with van der Waals surface area (Å²) in [4.78, 5) is 14.9. The molecule has 1 amide bonds. The average Bonchev–Trinajstić information content (AvgIpc) is 2.80. The van der Waals surface area contributed by atoms with Gasteiger partial charge in [0.05, 0.1) is 15.6 Å². The largest absolute Gasteiger partial charge is 0.399 e. The van der Waals surface area contributed by atoms with E-state index in [9.17, 15) is 4.79 Å². The van der Waals surface area contributed by atoms with Crippen LogP contribution in [-0.2, 0) is 6.42 Å². The van der Waals surface area contributed by atoms with Gasteiger partial charge in [0.15, 0.2) is 0 Å². The first kappa shape index (κ1) is 11.6. The maximum Gasteiger partial charge on any atom is 0.268 e. The van der Waals surface area contributed by atoms with Gasteiger partial charge >= 0.3 is 0 Å². The van der Waals surface area contributed by atoms with Crippen molar-refractivity contribution in [2.24, 2.45) is 0 Å². The number of halogens is 1. The highest BCUT2D eigenvalue weighted by atomic mass is 35.5. The Labute approximate surface area is 114 Å². The van der Waals surface area contributed by atoms with E-state index in [1.807, 2.05) is 11.4 Å². The van der Waals surface area contributed by atoms with Crippen LogP contribution in [0.3, 0.4) is 0 Å². The summed E-state index contributed by atoms with van der Waals surface area (Å²) in [7, 11) is 0. The second-order valence-electron chi connectivity index (χ2n) is 4.19. The standard InChI is InChI=1S/C13H11ClN2OS/c14-10-7-9(15)1-2-11(10)16-5-3-8-4-6-18-12(8)13(16)17/h1-2,4,6-7H,3,5,15H2. The molecule has 0 fully saturated rings. The van der Waals surface area contributed by atoms with Crippen molar-refractivity contribution in [3.63, 3.8) is 0 Å². The molecule has 1 aliphatic heterocycles. The lowest BCUT2D eigenvalue weighted by atomic mass is 10.1. The minimum absolute atomic E-state index is 0.0259. The van der Waals surface area contributed by atoms with E-state index in [0.29, 0.717) is 17.3 Å². The van der Waals surface area contributed by atoms with Gasteiger partial charge in [0.2, 0.25) is 0 Å². The van der Waals surface area contributed by atoms with Crippen LogP contribution in [0.15, 0.2) is 29.6 Å². The van der Waals surface area contributed by atoms with Crippen molar-refractivity contribution in [1.29, 1.82) is 0 Å². The molecule has 0 saturated heterocycles. The summed E-state index contributed by atoms with van der Waals surface area (Å²) in [5, 5.41) is 2.47. The third-order valence-corrected chi connectivity index (χ3v) is 4.30. The monoisotopic (exact) mass is 278 g/mol. The number of thiophene rings is 1. The third kappa shape index (κ3) is 1.78. The number of nitrogens with zero attached hydrogens (tertiary/aromatic N) is 1. The summed E-state index contributed by atoms with van der Waals surface area (Å²) < 4.78 is 0. The van der Waals surface area contributed by atoms with Gasteiger partial charge in [-0.25, -0.2) is 0 Å². The van der Waals surface area contributed by atoms with Crippen LogP contribution >= 0.6 is 22.9 Å². The van der Waals surface area contributed by atoms with E-state index in [4.69, 9.17) is 17.3 Å². The number of nitrogens with two attached hydrogens (primary N) is 1. The normalized spacial score (nSPS) is 14.7. The zero-order valence-electron chi connectivity index (χ0n) is 9.52. The van der Waals surface area contributed by atoms with Crippen LogP contribution in [0.1, 0.15) is 15.2 Å². The molecule has 1 aliphatic rings. The summed E-state index contributed by atoms with van der Waals surface area (Å²) in [5.74, 6) is 0.0259. The minimum Gasteiger partial charge on any atom is -0.399 e. The number of rotatable bonds is 1. The highest BCUT2D eigenvalue weighted by Gasteiger charge is 2.27. The molecule has 1 aromatic carbocycles. The van der Waals surface area contributed by atoms with Crippen molar-refractivity contribution in [1.82, 2.24) is 0 Å². The molecule has 2 N–H and O–H groups in total. The molecule has 0 bridgehead atoms. The van der Waals surface area contributed by atoms with E-state index in [0.717, 1.165) is 22.5 Å². The number of nitrogen functional groups attached to an aromatic ring is 1. The summed E-state index contributed by atoms with van der Waals surface area (Å²) in [6.07, 6.45) is 0.866. The summed E-state index contributed by atoms with van der Waals surface area (Å²) >= 11 is 7.64. The molecule has 0 spiro atoms. The van der Waals surface area contributed by atoms with E-state index in [1.165, 1.54) is 11.3 Å². The number of fused-ring (bicyclic) bond motifs is 1. The first-order chi connectivity index (χ1) is 8.66. The number of carbonyl (C=O) groups excluding carboxylic acids is 1. The van der Waals surface area contributed by atoms with Gasteiger partial charge in [-0.2, -0.15) is 0 Å². The molecule has 3 rings (SSSR count). The second-order valence-corrected chi connectivity index (χ2v) is 5.52. The molecule has 2 heterocycles. The summed E-state index contributed by atoms with van der Waals surface area (Å²) in [6.45, 7) is 0.659. The molecular formula is C13H11ClN2OS. The molecular weight excluding hydrogens is 268 g/mol. The van der Waals surface area contributed by atoms with Crippen molar-refractivity contribution >= 4 is 40.2 Å². The van der Waals surface area contributed by atoms with E-state index >= 15 is 0 Å². The number of anilines is 2. The fraction of sp³-hybridized carbons (Fsp3) is 0.154. The van der Waals surface area contributed by atoms with Crippen LogP contribution in [0.2, 0.25) is 5.02 Å². The fourth-order valence-corrected chi connectivity index (χ4v) is 3.34. The molecule has 1 aromatic heterocycles. The molecule has 5 heteroatoms. The van der Waals surface area contributed by atoms with Crippen LogP contribution < -0.4 is 10.6 Å². The zero-order valence-corrected chi connectivity index (χ0v) is 11.1. The van der Waals surface area contributed by atoms with E-state index in [1.54, 1.807) is 23.1 Å². The Morgan fingerprint density at radius 2 is 2.17 bits per heavy atom. The Morgan fingerprint density at radius 1 is 1.33 bits per heavy atom. The Kier molecular flexibility index (Phi) is 2.76. The van der Waals surface area contributed by atoms with Gasteiger partial charge < -0.3 is 10.6 Å². The average molecular weight is 279 g/mol. The Balaban J connectivity index is 2.02. The van der Waals surface area contributed by atoms with Gasteiger partial charge in [0.25, 0.3) is 5.91 Å². The van der Waals surface area contributed by atoms with Gasteiger partial charge in [0, 0.05) is 12.2 Å². The van der Waals surface area contributed by atoms with E-state index in [2.05, 4.69) is 0 Å². The molecule has 0 saturated carbocycles. The van der Waals surface area contributed by atoms with Crippen LogP contribution in [0.5, 0.6) is 0 Å². The van der Waals surface area contributed by atoms with Crippen LogP contribution in [0.25, 0.3) is 0 Å². The van der Waals surface area contributed by atoms with Crippen LogP contribution in [-0.4, -0.2) is 12.5 Å². The Morgan fingerprint density at radius 3 is 2.94 bits per heavy atom. The molecule has 3 nitrogen and oxygen atoms in total. The summed E-state index contributed by atoms with van der Waals surface area (Å²) in [5.41, 5.74) is 8.13. The SMILES string of the molecule is Nc1ccc(N2CCc3ccsc3C2=O)c(Cl)c1. The van der Waals surface area contributed by atoms with Crippen LogP contribution in [0, 0.1) is 0 Å². The van der Waals surface area contributed by atoms with Crippen molar-refractivity contribution in [2.75, 3.05) is 17.2 Å². The predicted octanol–water partition coefficient (Wildman–Crippen LogP) is 3.19. The fourth-order valence-electron chi connectivity index (χ4n) is 2.15. The molecule has 2 aromatic rings. The third-order valence-electron chi connectivity index (χ3n) is 3.05. The highest BCUT2D eigenvalue weighted by molar-refractivity contribution is 7.12. The van der Waals surface area contributed by atoms with Gasteiger partial charge in [-0.3, -0.25) is 4.79 Å². The van der Waals surface area contributed by atoms with Crippen molar-refractivity contribution < 1.29 is 4.79 Å². The first-order valence-electron chi connectivity index (χ1n) is 5.60. The minimum atomic E-state index is 0.0259. The lowest BCUT2D eigenvalue weighted by Crippen LogP contribution is -2.36. The molecule has 92 valence electrons. The topological polar surface area (TPSA) is 46.3 Å². The smallest absolute Gasteiger partial charge is 0.268 e. The quantitative estimate of drug-likeness (QED) is 0.815. The number of hydrogen-bond acceptors (Lipinski definition) is 3. The Bertz CT molecular complexity index is 623. The number of amides is 1. The molecule has 0 radical (unpaired) electrons. The Hall–Kier alpha value is -1.52. The molecule has 0 aliphatic carbocycles. The maximum absolute atomic E-state index is 12.4. The number of hydrogen-bond donors (Lipinski definition) is 1.